The van der Waals surface area contributed by atoms with Crippen LogP contribution in [-0.4, -0.2) is 31.3 Å². The number of carbonyl (C=O) groups is 1. The molecule has 0 radical (unpaired) electrons. The molecule has 10 heteroatoms. The lowest BCUT2D eigenvalue weighted by molar-refractivity contribution is -0.274. The van der Waals surface area contributed by atoms with E-state index in [1.54, 1.807) is 0 Å². The van der Waals surface area contributed by atoms with E-state index >= 15 is 0 Å². The summed E-state index contributed by atoms with van der Waals surface area (Å²) in [6, 6.07) is 4.92. The number of halogens is 4. The molecule has 6 nitrogen and oxygen atoms in total. The number of aliphatic imine (C=N–C) groups is 1. The average molecular weight is 444 g/mol. The fourth-order valence-electron chi connectivity index (χ4n) is 1.33. The van der Waals surface area contributed by atoms with Crippen LogP contribution in [0, 0.1) is 0 Å². The topological polar surface area (TPSA) is 88.7 Å². The van der Waals surface area contributed by atoms with Gasteiger partial charge < -0.3 is 21.1 Å². The van der Waals surface area contributed by atoms with Crippen LogP contribution in [0.15, 0.2) is 41.9 Å². The highest BCUT2D eigenvalue weighted by Gasteiger charge is 2.30. The van der Waals surface area contributed by atoms with Gasteiger partial charge in [-0.2, -0.15) is 0 Å². The Hall–Kier alpha value is -1.98. The Morgan fingerprint density at radius 2 is 1.96 bits per heavy atom. The van der Waals surface area contributed by atoms with Gasteiger partial charge >= 0.3 is 6.36 Å². The Labute approximate surface area is 148 Å². The minimum atomic E-state index is -4.74. The van der Waals surface area contributed by atoms with Crippen LogP contribution in [0.4, 0.5) is 18.9 Å². The van der Waals surface area contributed by atoms with Crippen LogP contribution >= 0.6 is 24.0 Å². The number of guanidine groups is 1. The summed E-state index contributed by atoms with van der Waals surface area (Å²) in [5.41, 5.74) is 5.95. The molecule has 1 aromatic rings. The third kappa shape index (κ3) is 9.60. The lowest BCUT2D eigenvalue weighted by Crippen LogP contribution is -2.29. The van der Waals surface area contributed by atoms with E-state index in [1.807, 2.05) is 0 Å². The van der Waals surface area contributed by atoms with Crippen LogP contribution in [0.25, 0.3) is 0 Å². The predicted octanol–water partition coefficient (Wildman–Crippen LogP) is 2.23. The highest BCUT2D eigenvalue weighted by molar-refractivity contribution is 14.0. The first-order valence-electron chi connectivity index (χ1n) is 6.10. The number of nitrogens with zero attached hydrogens (tertiary/aromatic N) is 1. The standard InChI is InChI=1S/C13H15F3N4O2.HI/c1-2-7-18-11(21)8-19-12(17)20-9-3-5-10(6-4-9)22-13(14,15)16;/h2-6H,1,7-8H2,(H,18,21)(H3,17,19,20);1H. The molecule has 128 valence electrons. The zero-order chi connectivity index (χ0) is 16.6. The number of nitrogens with two attached hydrogens (primary N) is 1. The quantitative estimate of drug-likeness (QED) is 0.272. The Kier molecular flexibility index (Phi) is 9.07. The predicted molar refractivity (Wildman–Crippen MR) is 91.9 cm³/mol. The average Bonchev–Trinajstić information content (AvgIpc) is 2.43. The van der Waals surface area contributed by atoms with E-state index in [4.69, 9.17) is 5.73 Å². The zero-order valence-electron chi connectivity index (χ0n) is 11.9. The van der Waals surface area contributed by atoms with Crippen molar-refractivity contribution in [2.45, 2.75) is 6.36 Å². The molecule has 0 aliphatic rings. The monoisotopic (exact) mass is 444 g/mol. The van der Waals surface area contributed by atoms with Gasteiger partial charge in [-0.1, -0.05) is 6.08 Å². The van der Waals surface area contributed by atoms with Crippen molar-refractivity contribution in [1.29, 1.82) is 0 Å². The summed E-state index contributed by atoms with van der Waals surface area (Å²) in [5, 5.41) is 5.14. The van der Waals surface area contributed by atoms with E-state index in [2.05, 4.69) is 26.9 Å². The largest absolute Gasteiger partial charge is 0.573 e. The van der Waals surface area contributed by atoms with Crippen LogP contribution in [0.3, 0.4) is 0 Å². The number of nitrogens with one attached hydrogen (secondary N) is 2. The van der Waals surface area contributed by atoms with Crippen LogP contribution in [-0.2, 0) is 4.79 Å². The first-order chi connectivity index (χ1) is 10.3. The molecule has 0 saturated carbocycles. The van der Waals surface area contributed by atoms with Crippen molar-refractivity contribution in [2.24, 2.45) is 10.7 Å². The molecule has 1 aromatic carbocycles. The normalized spacial score (nSPS) is 11.2. The van der Waals surface area contributed by atoms with Crippen molar-refractivity contribution in [3.63, 3.8) is 0 Å². The van der Waals surface area contributed by atoms with Crippen molar-refractivity contribution in [2.75, 3.05) is 18.4 Å². The summed E-state index contributed by atoms with van der Waals surface area (Å²) in [6.45, 7) is 3.59. The summed E-state index contributed by atoms with van der Waals surface area (Å²) in [6.07, 6.45) is -3.22. The highest BCUT2D eigenvalue weighted by atomic mass is 127. The lowest BCUT2D eigenvalue weighted by atomic mass is 10.3. The number of hydrogen-bond donors (Lipinski definition) is 3. The number of carbonyl (C=O) groups excluding carboxylic acids is 1. The van der Waals surface area contributed by atoms with E-state index < -0.39 is 6.36 Å². The van der Waals surface area contributed by atoms with Gasteiger partial charge in [0.05, 0.1) is 0 Å². The first-order valence-corrected chi connectivity index (χ1v) is 6.10. The number of rotatable bonds is 6. The van der Waals surface area contributed by atoms with Crippen molar-refractivity contribution in [3.8, 4) is 5.75 Å². The Morgan fingerprint density at radius 3 is 2.48 bits per heavy atom. The highest BCUT2D eigenvalue weighted by Crippen LogP contribution is 2.23. The van der Waals surface area contributed by atoms with Crippen molar-refractivity contribution in [1.82, 2.24) is 5.32 Å². The second kappa shape index (κ2) is 9.92. The molecule has 0 atom stereocenters. The molecular formula is C13H16F3IN4O2. The Balaban J connectivity index is 0.00000484. The Bertz CT molecular complexity index is 547. The number of benzene rings is 1. The maximum Gasteiger partial charge on any atom is 0.573 e. The number of anilines is 1. The van der Waals surface area contributed by atoms with Gasteiger partial charge in [0.2, 0.25) is 5.91 Å². The van der Waals surface area contributed by atoms with Gasteiger partial charge in [-0.05, 0) is 24.3 Å². The molecule has 1 rings (SSSR count). The lowest BCUT2D eigenvalue weighted by Gasteiger charge is -2.10. The summed E-state index contributed by atoms with van der Waals surface area (Å²) in [4.78, 5) is 15.0. The molecule has 0 aliphatic carbocycles. The SMILES string of the molecule is C=CCNC(=O)CN=C(N)Nc1ccc(OC(F)(F)F)cc1.I. The molecule has 0 saturated heterocycles. The summed E-state index contributed by atoms with van der Waals surface area (Å²) >= 11 is 0. The molecule has 0 bridgehead atoms. The van der Waals surface area contributed by atoms with Gasteiger partial charge in [0, 0.05) is 12.2 Å². The summed E-state index contributed by atoms with van der Waals surface area (Å²) in [7, 11) is 0. The fourth-order valence-corrected chi connectivity index (χ4v) is 1.33. The number of alkyl halides is 3. The molecule has 1 amide bonds. The third-order valence-electron chi connectivity index (χ3n) is 2.20. The van der Waals surface area contributed by atoms with E-state index in [-0.39, 0.29) is 48.1 Å². The molecule has 0 fully saturated rings. The Morgan fingerprint density at radius 1 is 1.35 bits per heavy atom. The van der Waals surface area contributed by atoms with Crippen LogP contribution < -0.4 is 21.1 Å². The summed E-state index contributed by atoms with van der Waals surface area (Å²) < 4.78 is 39.7. The fraction of sp³-hybridized carbons (Fsp3) is 0.231. The molecule has 0 heterocycles. The zero-order valence-corrected chi connectivity index (χ0v) is 14.2. The molecule has 4 N–H and O–H groups in total. The van der Waals surface area contributed by atoms with Crippen molar-refractivity contribution in [3.05, 3.63) is 36.9 Å². The maximum atomic E-state index is 12.0. The molecule has 0 aliphatic heterocycles. The molecule has 23 heavy (non-hydrogen) atoms. The molecule has 0 unspecified atom stereocenters. The molecule has 0 spiro atoms. The minimum Gasteiger partial charge on any atom is -0.406 e. The van der Waals surface area contributed by atoms with E-state index in [0.29, 0.717) is 12.2 Å². The first kappa shape index (κ1) is 21.0. The van der Waals surface area contributed by atoms with Gasteiger partial charge in [-0.3, -0.25) is 4.79 Å². The van der Waals surface area contributed by atoms with Gasteiger partial charge in [0.1, 0.15) is 12.3 Å². The minimum absolute atomic E-state index is 0. The number of amides is 1. The van der Waals surface area contributed by atoms with E-state index in [9.17, 15) is 18.0 Å². The van der Waals surface area contributed by atoms with E-state index in [0.717, 1.165) is 12.1 Å². The number of ether oxygens (including phenoxy) is 1. The number of hydrogen-bond acceptors (Lipinski definition) is 3. The summed E-state index contributed by atoms with van der Waals surface area (Å²) in [5.74, 6) is -0.728. The van der Waals surface area contributed by atoms with Gasteiger partial charge in [-0.25, -0.2) is 4.99 Å². The van der Waals surface area contributed by atoms with E-state index in [1.165, 1.54) is 18.2 Å². The van der Waals surface area contributed by atoms with Gasteiger partial charge in [0.15, 0.2) is 5.96 Å². The molecule has 0 aromatic heterocycles. The maximum absolute atomic E-state index is 12.0. The van der Waals surface area contributed by atoms with Crippen molar-refractivity contribution >= 4 is 41.5 Å². The smallest absolute Gasteiger partial charge is 0.406 e. The van der Waals surface area contributed by atoms with Crippen LogP contribution in [0.2, 0.25) is 0 Å². The van der Waals surface area contributed by atoms with Gasteiger partial charge in [0.25, 0.3) is 0 Å². The third-order valence-corrected chi connectivity index (χ3v) is 2.20. The second-order valence-electron chi connectivity index (χ2n) is 3.99. The van der Waals surface area contributed by atoms with Crippen LogP contribution in [0.1, 0.15) is 0 Å². The van der Waals surface area contributed by atoms with Gasteiger partial charge in [-0.15, -0.1) is 43.7 Å². The molecular weight excluding hydrogens is 428 g/mol. The van der Waals surface area contributed by atoms with Crippen molar-refractivity contribution < 1.29 is 22.7 Å². The second-order valence-corrected chi connectivity index (χ2v) is 3.99. The van der Waals surface area contributed by atoms with Crippen LogP contribution in [0.5, 0.6) is 5.75 Å².